The molecular weight excluding hydrogens is 522 g/mol. The second-order valence-corrected chi connectivity index (χ2v) is 8.91. The van der Waals surface area contributed by atoms with Crippen molar-refractivity contribution in [2.24, 2.45) is 0 Å². The molecule has 2 heterocycles. The first-order chi connectivity index (χ1) is 20.0. The zero-order valence-electron chi connectivity index (χ0n) is 23.4. The number of methoxy groups -OCH3 is 5. The third kappa shape index (κ3) is 5.42. The minimum absolute atomic E-state index is 0.208. The van der Waals surface area contributed by atoms with E-state index < -0.39 is 0 Å². The summed E-state index contributed by atoms with van der Waals surface area (Å²) < 4.78 is 29.1. The van der Waals surface area contributed by atoms with Crippen molar-refractivity contribution in [2.75, 3.05) is 35.5 Å². The number of ketones is 1. The molecule has 0 radical (unpaired) electrons. The van der Waals surface area contributed by atoms with E-state index in [1.807, 2.05) is 54.6 Å². The summed E-state index contributed by atoms with van der Waals surface area (Å²) in [7, 11) is 7.77. The van der Waals surface area contributed by atoms with Gasteiger partial charge in [0.15, 0.2) is 34.4 Å². The summed E-state index contributed by atoms with van der Waals surface area (Å²) in [5.74, 6) is 2.30. The lowest BCUT2D eigenvalue weighted by atomic mass is 10.1. The fourth-order valence-electron chi connectivity index (χ4n) is 4.51. The summed E-state index contributed by atoms with van der Waals surface area (Å²) >= 11 is 0. The number of carbonyl (C=O) groups excluding carboxylic acids is 1. The van der Waals surface area contributed by atoms with E-state index in [9.17, 15) is 4.79 Å². The van der Waals surface area contributed by atoms with E-state index in [2.05, 4.69) is 0 Å². The predicted molar refractivity (Wildman–Crippen MR) is 156 cm³/mol. The molecule has 5 rings (SSSR count). The van der Waals surface area contributed by atoms with Crippen LogP contribution >= 0.6 is 0 Å². The van der Waals surface area contributed by atoms with Gasteiger partial charge >= 0.3 is 0 Å². The van der Waals surface area contributed by atoms with Gasteiger partial charge in [-0.2, -0.15) is 5.10 Å². The molecule has 0 N–H and O–H groups in total. The Balaban J connectivity index is 1.63. The van der Waals surface area contributed by atoms with Crippen molar-refractivity contribution >= 4 is 17.5 Å². The molecule has 3 aromatic carbocycles. The van der Waals surface area contributed by atoms with Gasteiger partial charge in [-0.15, -0.1) is 0 Å². The van der Waals surface area contributed by atoms with Gasteiger partial charge in [0, 0.05) is 22.8 Å². The summed E-state index contributed by atoms with van der Waals surface area (Å²) in [6.45, 7) is 0. The number of benzene rings is 3. The Hall–Kier alpha value is -5.31. The molecule has 9 nitrogen and oxygen atoms in total. The lowest BCUT2D eigenvalue weighted by Gasteiger charge is -2.15. The molecule has 0 aliphatic carbocycles. The van der Waals surface area contributed by atoms with Gasteiger partial charge in [-0.25, -0.2) is 9.50 Å². The second-order valence-electron chi connectivity index (χ2n) is 8.91. The van der Waals surface area contributed by atoms with E-state index in [0.29, 0.717) is 45.7 Å². The molecule has 0 fully saturated rings. The Labute approximate surface area is 237 Å². The van der Waals surface area contributed by atoms with Crippen LogP contribution in [-0.2, 0) is 0 Å². The average molecular weight is 552 g/mol. The average Bonchev–Trinajstić information content (AvgIpc) is 3.46. The molecular formula is C32H29N3O6. The zero-order valence-corrected chi connectivity index (χ0v) is 23.4. The number of ether oxygens (including phenoxy) is 5. The first kappa shape index (κ1) is 27.3. The number of hydrogen-bond donors (Lipinski definition) is 0. The fraction of sp³-hybridized carbons (Fsp3) is 0.156. The van der Waals surface area contributed by atoms with Gasteiger partial charge in [-0.05, 0) is 48.6 Å². The Morgan fingerprint density at radius 1 is 0.707 bits per heavy atom. The fourth-order valence-corrected chi connectivity index (χ4v) is 4.51. The van der Waals surface area contributed by atoms with Crippen LogP contribution < -0.4 is 23.7 Å². The molecule has 0 atom stereocenters. The molecule has 208 valence electrons. The van der Waals surface area contributed by atoms with Crippen LogP contribution in [0.15, 0.2) is 78.9 Å². The van der Waals surface area contributed by atoms with Crippen LogP contribution in [0, 0.1) is 0 Å². The molecule has 0 aliphatic heterocycles. The topological polar surface area (TPSA) is 93.4 Å². The standard InChI is InChI=1S/C32H29N3O6/c1-37-27-14-11-21(15-28(27)38-2)26(36)13-12-23-18-25(22-16-29(39-3)32(41-5)30(17-22)40-4)35-31(33-23)19-24(34-35)20-9-7-6-8-10-20/h6-19H,1-5H3/b13-12+. The Morgan fingerprint density at radius 2 is 1.39 bits per heavy atom. The van der Waals surface area contributed by atoms with Gasteiger partial charge in [-0.3, -0.25) is 4.79 Å². The number of fused-ring (bicyclic) bond motifs is 1. The van der Waals surface area contributed by atoms with Crippen molar-refractivity contribution in [2.45, 2.75) is 0 Å². The number of aromatic nitrogens is 3. The van der Waals surface area contributed by atoms with Crippen LogP contribution in [0.2, 0.25) is 0 Å². The van der Waals surface area contributed by atoms with E-state index >= 15 is 0 Å². The van der Waals surface area contributed by atoms with Crippen LogP contribution in [0.4, 0.5) is 0 Å². The highest BCUT2D eigenvalue weighted by atomic mass is 16.5. The molecule has 41 heavy (non-hydrogen) atoms. The largest absolute Gasteiger partial charge is 0.493 e. The highest BCUT2D eigenvalue weighted by Crippen LogP contribution is 2.41. The summed E-state index contributed by atoms with van der Waals surface area (Å²) in [6, 6.07) is 22.3. The molecule has 0 amide bonds. The molecule has 9 heteroatoms. The maximum atomic E-state index is 13.1. The lowest BCUT2D eigenvalue weighted by Crippen LogP contribution is -2.01. The Bertz CT molecular complexity index is 1720. The molecule has 0 aliphatic rings. The van der Waals surface area contributed by atoms with Crippen LogP contribution in [0.1, 0.15) is 16.1 Å². The normalized spacial score (nSPS) is 11.0. The van der Waals surface area contributed by atoms with E-state index in [4.69, 9.17) is 33.8 Å². The molecule has 0 saturated carbocycles. The van der Waals surface area contributed by atoms with Gasteiger partial charge in [0.25, 0.3) is 0 Å². The maximum Gasteiger partial charge on any atom is 0.203 e. The van der Waals surface area contributed by atoms with Gasteiger partial charge < -0.3 is 23.7 Å². The molecule has 0 spiro atoms. The van der Waals surface area contributed by atoms with Crippen LogP contribution in [-0.4, -0.2) is 55.9 Å². The van der Waals surface area contributed by atoms with Crippen molar-refractivity contribution < 1.29 is 28.5 Å². The van der Waals surface area contributed by atoms with E-state index in [0.717, 1.165) is 22.5 Å². The first-order valence-electron chi connectivity index (χ1n) is 12.7. The second kappa shape index (κ2) is 11.8. The number of nitrogens with zero attached hydrogens (tertiary/aromatic N) is 3. The Kier molecular flexibility index (Phi) is 7.87. The smallest absolute Gasteiger partial charge is 0.203 e. The summed E-state index contributed by atoms with van der Waals surface area (Å²) in [5, 5.41) is 4.86. The van der Waals surface area contributed by atoms with E-state index in [-0.39, 0.29) is 5.78 Å². The van der Waals surface area contributed by atoms with Gasteiger partial charge in [0.2, 0.25) is 5.75 Å². The third-order valence-corrected chi connectivity index (χ3v) is 6.55. The Morgan fingerprint density at radius 3 is 2.02 bits per heavy atom. The molecule has 0 bridgehead atoms. The van der Waals surface area contributed by atoms with Crippen LogP contribution in [0.3, 0.4) is 0 Å². The van der Waals surface area contributed by atoms with Crippen molar-refractivity contribution in [3.05, 3.63) is 90.1 Å². The van der Waals surface area contributed by atoms with Crippen LogP contribution in [0.25, 0.3) is 34.2 Å². The minimum atomic E-state index is -0.208. The highest BCUT2D eigenvalue weighted by Gasteiger charge is 2.18. The minimum Gasteiger partial charge on any atom is -0.493 e. The van der Waals surface area contributed by atoms with Crippen molar-refractivity contribution in [1.29, 1.82) is 0 Å². The molecule has 0 saturated heterocycles. The van der Waals surface area contributed by atoms with Crippen LogP contribution in [0.5, 0.6) is 28.7 Å². The van der Waals surface area contributed by atoms with E-state index in [1.54, 1.807) is 57.2 Å². The monoisotopic (exact) mass is 551 g/mol. The SMILES string of the molecule is COc1ccc(C(=O)/C=C/c2cc(-c3cc(OC)c(OC)c(OC)c3)n3nc(-c4ccccc4)cc3n2)cc1OC. The summed E-state index contributed by atoms with van der Waals surface area (Å²) in [5.41, 5.74) is 4.82. The molecule has 5 aromatic rings. The van der Waals surface area contributed by atoms with Crippen molar-refractivity contribution in [3.8, 4) is 51.3 Å². The van der Waals surface area contributed by atoms with Gasteiger partial charge in [0.05, 0.1) is 52.6 Å². The number of carbonyl (C=O) groups is 1. The lowest BCUT2D eigenvalue weighted by molar-refractivity contribution is 0.104. The quantitative estimate of drug-likeness (QED) is 0.154. The van der Waals surface area contributed by atoms with Gasteiger partial charge in [-0.1, -0.05) is 30.3 Å². The van der Waals surface area contributed by atoms with Gasteiger partial charge in [0.1, 0.15) is 0 Å². The van der Waals surface area contributed by atoms with Crippen molar-refractivity contribution in [1.82, 2.24) is 14.6 Å². The number of rotatable bonds is 10. The molecule has 0 unspecified atom stereocenters. The highest BCUT2D eigenvalue weighted by molar-refractivity contribution is 6.07. The van der Waals surface area contributed by atoms with Crippen molar-refractivity contribution in [3.63, 3.8) is 0 Å². The first-order valence-corrected chi connectivity index (χ1v) is 12.7. The van der Waals surface area contributed by atoms with E-state index in [1.165, 1.54) is 13.2 Å². The number of allylic oxidation sites excluding steroid dienone is 1. The summed E-state index contributed by atoms with van der Waals surface area (Å²) in [4.78, 5) is 17.8. The summed E-state index contributed by atoms with van der Waals surface area (Å²) in [6.07, 6.45) is 3.16. The third-order valence-electron chi connectivity index (χ3n) is 6.55. The predicted octanol–water partition coefficient (Wildman–Crippen LogP) is 6.00. The molecule has 2 aromatic heterocycles. The zero-order chi connectivity index (χ0) is 28.9. The maximum absolute atomic E-state index is 13.1. The number of hydrogen-bond acceptors (Lipinski definition) is 8.